The highest BCUT2D eigenvalue weighted by molar-refractivity contribution is 7.15. The number of rotatable bonds is 10. The smallest absolute Gasteiger partial charge is 0.183 e. The Balaban J connectivity index is 2.01. The van der Waals surface area contributed by atoms with Gasteiger partial charge in [0.2, 0.25) is 0 Å². The SMILES string of the molecule is CCCOCC(CNc1nc(CC)c(CC)s1)c1ccccc1. The second-order valence-electron chi connectivity index (χ2n) is 5.66. The maximum absolute atomic E-state index is 5.80. The number of nitrogens with one attached hydrogen (secondary N) is 1. The average Bonchev–Trinajstić information content (AvgIpc) is 3.01. The van der Waals surface area contributed by atoms with Crippen LogP contribution in [0.2, 0.25) is 0 Å². The van der Waals surface area contributed by atoms with Crippen molar-refractivity contribution in [2.45, 2.75) is 46.0 Å². The van der Waals surface area contributed by atoms with Gasteiger partial charge >= 0.3 is 0 Å². The Hall–Kier alpha value is -1.39. The number of thiazole rings is 1. The minimum Gasteiger partial charge on any atom is -0.381 e. The van der Waals surface area contributed by atoms with E-state index in [2.05, 4.69) is 56.4 Å². The monoisotopic (exact) mass is 332 g/mol. The predicted octanol–water partition coefficient (Wildman–Crippen LogP) is 4.89. The van der Waals surface area contributed by atoms with E-state index in [0.717, 1.165) is 44.2 Å². The van der Waals surface area contributed by atoms with Crippen molar-refractivity contribution in [3.05, 3.63) is 46.5 Å². The van der Waals surface area contributed by atoms with E-state index >= 15 is 0 Å². The van der Waals surface area contributed by atoms with Crippen LogP contribution >= 0.6 is 11.3 Å². The molecule has 0 aliphatic carbocycles. The fourth-order valence-corrected chi connectivity index (χ4v) is 3.59. The summed E-state index contributed by atoms with van der Waals surface area (Å²) in [5.41, 5.74) is 2.55. The van der Waals surface area contributed by atoms with Crippen molar-refractivity contribution in [1.82, 2.24) is 4.98 Å². The maximum Gasteiger partial charge on any atom is 0.183 e. The number of benzene rings is 1. The number of aryl methyl sites for hydroxylation is 2. The van der Waals surface area contributed by atoms with Gasteiger partial charge in [0.15, 0.2) is 5.13 Å². The first-order chi connectivity index (χ1) is 11.3. The largest absolute Gasteiger partial charge is 0.381 e. The average molecular weight is 333 g/mol. The molecule has 23 heavy (non-hydrogen) atoms. The summed E-state index contributed by atoms with van der Waals surface area (Å²) in [6.07, 6.45) is 3.12. The molecule has 1 atom stereocenters. The van der Waals surface area contributed by atoms with E-state index in [1.807, 2.05) is 0 Å². The van der Waals surface area contributed by atoms with Gasteiger partial charge in [0.05, 0.1) is 12.3 Å². The Bertz CT molecular complexity index is 547. The lowest BCUT2D eigenvalue weighted by Gasteiger charge is -2.18. The molecule has 1 heterocycles. The Morgan fingerprint density at radius 2 is 1.91 bits per heavy atom. The van der Waals surface area contributed by atoms with Crippen molar-refractivity contribution in [2.24, 2.45) is 0 Å². The summed E-state index contributed by atoms with van der Waals surface area (Å²) >= 11 is 1.79. The summed E-state index contributed by atoms with van der Waals surface area (Å²) < 4.78 is 5.80. The van der Waals surface area contributed by atoms with Gasteiger partial charge in [0, 0.05) is 23.9 Å². The van der Waals surface area contributed by atoms with E-state index in [0.29, 0.717) is 5.92 Å². The highest BCUT2D eigenvalue weighted by Crippen LogP contribution is 2.25. The second-order valence-corrected chi connectivity index (χ2v) is 6.74. The van der Waals surface area contributed by atoms with Gasteiger partial charge in [-0.15, -0.1) is 11.3 Å². The van der Waals surface area contributed by atoms with E-state index < -0.39 is 0 Å². The molecule has 0 spiro atoms. The van der Waals surface area contributed by atoms with Crippen LogP contribution in [-0.4, -0.2) is 24.7 Å². The molecule has 0 radical (unpaired) electrons. The number of hydrogen-bond acceptors (Lipinski definition) is 4. The van der Waals surface area contributed by atoms with Gasteiger partial charge in [-0.25, -0.2) is 4.98 Å². The van der Waals surface area contributed by atoms with Crippen molar-refractivity contribution in [3.63, 3.8) is 0 Å². The third kappa shape index (κ3) is 5.33. The minimum absolute atomic E-state index is 0.349. The summed E-state index contributed by atoms with van der Waals surface area (Å²) in [6.45, 7) is 8.93. The van der Waals surface area contributed by atoms with E-state index in [1.165, 1.54) is 16.1 Å². The standard InChI is InChI=1S/C19H28N2OS/c1-4-12-22-14-16(15-10-8-7-9-11-15)13-20-19-21-17(5-2)18(6-3)23-19/h7-11,16H,4-6,12-14H2,1-3H3,(H,20,21). The van der Waals surface area contributed by atoms with Crippen LogP contribution in [0.3, 0.4) is 0 Å². The number of ether oxygens (including phenoxy) is 1. The van der Waals surface area contributed by atoms with Crippen LogP contribution in [-0.2, 0) is 17.6 Å². The molecule has 0 aliphatic rings. The molecule has 4 heteroatoms. The Kier molecular flexibility index (Phi) is 7.56. The molecule has 1 aromatic heterocycles. The van der Waals surface area contributed by atoms with E-state index in [9.17, 15) is 0 Å². The van der Waals surface area contributed by atoms with E-state index in [4.69, 9.17) is 9.72 Å². The van der Waals surface area contributed by atoms with E-state index in [1.54, 1.807) is 11.3 Å². The summed E-state index contributed by atoms with van der Waals surface area (Å²) in [5.74, 6) is 0.349. The molecule has 0 fully saturated rings. The second kappa shape index (κ2) is 9.68. The highest BCUT2D eigenvalue weighted by atomic mass is 32.1. The Labute approximate surface area is 144 Å². The van der Waals surface area contributed by atoms with Crippen LogP contribution in [0.4, 0.5) is 5.13 Å². The molecule has 1 unspecified atom stereocenters. The Morgan fingerprint density at radius 3 is 2.52 bits per heavy atom. The van der Waals surface area contributed by atoms with Crippen molar-refractivity contribution >= 4 is 16.5 Å². The fourth-order valence-electron chi connectivity index (χ4n) is 2.59. The lowest BCUT2D eigenvalue weighted by atomic mass is 10.0. The van der Waals surface area contributed by atoms with Crippen molar-refractivity contribution < 1.29 is 4.74 Å². The molecule has 2 rings (SSSR count). The number of anilines is 1. The summed E-state index contributed by atoms with van der Waals surface area (Å²) in [6, 6.07) is 10.6. The molecular weight excluding hydrogens is 304 g/mol. The third-order valence-corrected chi connectivity index (χ3v) is 5.07. The van der Waals surface area contributed by atoms with Crippen molar-refractivity contribution in [3.8, 4) is 0 Å². The summed E-state index contributed by atoms with van der Waals surface area (Å²) in [4.78, 5) is 6.12. The molecule has 3 nitrogen and oxygen atoms in total. The zero-order valence-electron chi connectivity index (χ0n) is 14.5. The topological polar surface area (TPSA) is 34.1 Å². The first kappa shape index (κ1) is 18.0. The summed E-state index contributed by atoms with van der Waals surface area (Å²) in [5, 5.41) is 4.56. The zero-order valence-corrected chi connectivity index (χ0v) is 15.3. The predicted molar refractivity (Wildman–Crippen MR) is 99.7 cm³/mol. The molecule has 126 valence electrons. The molecule has 0 amide bonds. The van der Waals surface area contributed by atoms with Crippen LogP contribution in [0.1, 0.15) is 49.2 Å². The molecule has 0 aliphatic heterocycles. The van der Waals surface area contributed by atoms with Crippen LogP contribution in [0.15, 0.2) is 30.3 Å². The lowest BCUT2D eigenvalue weighted by molar-refractivity contribution is 0.123. The molecular formula is C19H28N2OS. The molecule has 0 saturated heterocycles. The minimum atomic E-state index is 0.349. The first-order valence-electron chi connectivity index (χ1n) is 8.63. The van der Waals surface area contributed by atoms with Gasteiger partial charge in [-0.3, -0.25) is 0 Å². The number of nitrogens with zero attached hydrogens (tertiary/aromatic N) is 1. The van der Waals surface area contributed by atoms with Gasteiger partial charge in [0.1, 0.15) is 0 Å². The fraction of sp³-hybridized carbons (Fsp3) is 0.526. The highest BCUT2D eigenvalue weighted by Gasteiger charge is 2.14. The van der Waals surface area contributed by atoms with Gasteiger partial charge < -0.3 is 10.1 Å². The molecule has 0 bridgehead atoms. The maximum atomic E-state index is 5.80. The van der Waals surface area contributed by atoms with Gasteiger partial charge in [0.25, 0.3) is 0 Å². The molecule has 1 N–H and O–H groups in total. The molecule has 1 aromatic carbocycles. The van der Waals surface area contributed by atoms with E-state index in [-0.39, 0.29) is 0 Å². The van der Waals surface area contributed by atoms with Crippen molar-refractivity contribution in [2.75, 3.05) is 25.1 Å². The first-order valence-corrected chi connectivity index (χ1v) is 9.45. The van der Waals surface area contributed by atoms with Crippen molar-refractivity contribution in [1.29, 1.82) is 0 Å². The van der Waals surface area contributed by atoms with Gasteiger partial charge in [-0.1, -0.05) is 51.1 Å². The molecule has 0 saturated carbocycles. The van der Waals surface area contributed by atoms with Crippen LogP contribution in [0.5, 0.6) is 0 Å². The van der Waals surface area contributed by atoms with Gasteiger partial charge in [-0.05, 0) is 24.8 Å². The van der Waals surface area contributed by atoms with Crippen LogP contribution < -0.4 is 5.32 Å². The molecule has 2 aromatic rings. The quantitative estimate of drug-likeness (QED) is 0.629. The van der Waals surface area contributed by atoms with Crippen LogP contribution in [0, 0.1) is 0 Å². The summed E-state index contributed by atoms with van der Waals surface area (Å²) in [7, 11) is 0. The third-order valence-electron chi connectivity index (χ3n) is 3.87. The number of aromatic nitrogens is 1. The van der Waals surface area contributed by atoms with Gasteiger partial charge in [-0.2, -0.15) is 0 Å². The lowest BCUT2D eigenvalue weighted by Crippen LogP contribution is -2.18. The number of hydrogen-bond donors (Lipinski definition) is 1. The normalized spacial score (nSPS) is 12.3. The zero-order chi connectivity index (χ0) is 16.5. The van der Waals surface area contributed by atoms with Crippen LogP contribution in [0.25, 0.3) is 0 Å². The Morgan fingerprint density at radius 1 is 1.13 bits per heavy atom.